The topological polar surface area (TPSA) is 55.4 Å². The Balaban J connectivity index is 1.84. The van der Waals surface area contributed by atoms with Crippen LogP contribution in [0.5, 0.6) is 11.5 Å². The summed E-state index contributed by atoms with van der Waals surface area (Å²) in [5, 5.41) is 0. The summed E-state index contributed by atoms with van der Waals surface area (Å²) in [6, 6.07) is 12.6. The minimum atomic E-state index is -0.146. The first-order valence-corrected chi connectivity index (χ1v) is 10.6. The Morgan fingerprint density at radius 3 is 1.94 bits per heavy atom. The van der Waals surface area contributed by atoms with Crippen LogP contribution in [0.4, 0.5) is 0 Å². The molecule has 0 heterocycles. The zero-order valence-electron chi connectivity index (χ0n) is 19.7. The monoisotopic (exact) mass is 432 g/mol. The van der Waals surface area contributed by atoms with Gasteiger partial charge in [-0.15, -0.1) is 0 Å². The summed E-state index contributed by atoms with van der Waals surface area (Å²) in [4.78, 5) is 10.3. The van der Waals surface area contributed by atoms with Gasteiger partial charge in [-0.1, -0.05) is 38.1 Å². The summed E-state index contributed by atoms with van der Waals surface area (Å²) >= 11 is 0. The summed E-state index contributed by atoms with van der Waals surface area (Å²) in [7, 11) is 3.30. The molecule has 31 heavy (non-hydrogen) atoms. The van der Waals surface area contributed by atoms with Gasteiger partial charge in [0.05, 0.1) is 13.7 Å². The van der Waals surface area contributed by atoms with E-state index >= 15 is 0 Å². The van der Waals surface area contributed by atoms with Crippen molar-refractivity contribution in [1.82, 2.24) is 0 Å². The molecular formula is C25H36O6. The van der Waals surface area contributed by atoms with Crippen LogP contribution >= 0.6 is 0 Å². The fourth-order valence-corrected chi connectivity index (χ4v) is 3.32. The number of hydrogen-bond acceptors (Lipinski definition) is 6. The number of benzene rings is 2. The van der Waals surface area contributed by atoms with E-state index in [0.717, 1.165) is 35.5 Å². The second-order valence-electron chi connectivity index (χ2n) is 8.01. The zero-order chi connectivity index (χ0) is 22.7. The zero-order valence-corrected chi connectivity index (χ0v) is 19.7. The van der Waals surface area contributed by atoms with Crippen molar-refractivity contribution in [2.45, 2.75) is 46.0 Å². The van der Waals surface area contributed by atoms with Crippen molar-refractivity contribution in [2.24, 2.45) is 0 Å². The standard InChI is InChI=1S/C25H36O6/c1-19-15-21(9-11-23(19)27-6)25(3,4)22-10-12-24(20(2)16-22)29-18-31-30-14-8-7-13-28-17-26-5/h9-12,15-16H,7-8,13-14,17-18H2,1-6H3. The van der Waals surface area contributed by atoms with Crippen molar-refractivity contribution in [3.05, 3.63) is 58.7 Å². The van der Waals surface area contributed by atoms with E-state index in [2.05, 4.69) is 45.0 Å². The van der Waals surface area contributed by atoms with Gasteiger partial charge in [-0.05, 0) is 61.1 Å². The van der Waals surface area contributed by atoms with Gasteiger partial charge in [-0.2, -0.15) is 4.89 Å². The van der Waals surface area contributed by atoms with E-state index in [-0.39, 0.29) is 12.2 Å². The molecule has 2 aromatic rings. The molecule has 6 nitrogen and oxygen atoms in total. The summed E-state index contributed by atoms with van der Waals surface area (Å²) in [5.41, 5.74) is 4.49. The second kappa shape index (κ2) is 12.7. The van der Waals surface area contributed by atoms with Crippen LogP contribution < -0.4 is 9.47 Å². The number of aryl methyl sites for hydroxylation is 2. The first kappa shape index (κ1) is 25.1. The molecule has 0 atom stereocenters. The normalized spacial score (nSPS) is 11.5. The van der Waals surface area contributed by atoms with E-state index < -0.39 is 0 Å². The Morgan fingerprint density at radius 1 is 0.742 bits per heavy atom. The van der Waals surface area contributed by atoms with Crippen LogP contribution in [0.1, 0.15) is 48.9 Å². The van der Waals surface area contributed by atoms with Crippen LogP contribution in [0.15, 0.2) is 36.4 Å². The van der Waals surface area contributed by atoms with Crippen LogP contribution in [-0.4, -0.2) is 41.0 Å². The summed E-state index contributed by atoms with van der Waals surface area (Å²) in [6.45, 7) is 10.1. The molecule has 172 valence electrons. The van der Waals surface area contributed by atoms with Gasteiger partial charge in [0.25, 0.3) is 0 Å². The predicted molar refractivity (Wildman–Crippen MR) is 121 cm³/mol. The molecule has 0 unspecified atom stereocenters. The third kappa shape index (κ3) is 7.51. The molecule has 0 N–H and O–H groups in total. The summed E-state index contributed by atoms with van der Waals surface area (Å²) < 4.78 is 21.1. The second-order valence-corrected chi connectivity index (χ2v) is 8.01. The van der Waals surface area contributed by atoms with Crippen LogP contribution in [-0.2, 0) is 24.7 Å². The highest BCUT2D eigenvalue weighted by atomic mass is 17.2. The van der Waals surface area contributed by atoms with Crippen molar-refractivity contribution >= 4 is 0 Å². The van der Waals surface area contributed by atoms with Gasteiger partial charge in [0.15, 0.2) is 0 Å². The fraction of sp³-hybridized carbons (Fsp3) is 0.520. The van der Waals surface area contributed by atoms with Gasteiger partial charge in [-0.25, -0.2) is 4.89 Å². The third-order valence-corrected chi connectivity index (χ3v) is 5.33. The SMILES string of the molecule is COCOCCCCOOCOc1ccc(C(C)(C)c2ccc(OC)c(C)c2)cc1C. The maximum absolute atomic E-state index is 5.71. The van der Waals surface area contributed by atoms with Gasteiger partial charge in [0, 0.05) is 19.1 Å². The van der Waals surface area contributed by atoms with Gasteiger partial charge in [-0.3, -0.25) is 0 Å². The van der Waals surface area contributed by atoms with Gasteiger partial charge in [0.2, 0.25) is 6.79 Å². The molecule has 0 saturated carbocycles. The number of ether oxygens (including phenoxy) is 4. The molecule has 0 aromatic heterocycles. The molecule has 0 amide bonds. The van der Waals surface area contributed by atoms with Crippen LogP contribution in [0, 0.1) is 13.8 Å². The largest absolute Gasteiger partial charge is 0.496 e. The molecule has 2 rings (SSSR count). The molecule has 0 aliphatic carbocycles. The molecular weight excluding hydrogens is 396 g/mol. The lowest BCUT2D eigenvalue weighted by molar-refractivity contribution is -0.323. The first-order valence-electron chi connectivity index (χ1n) is 10.6. The summed E-state index contributed by atoms with van der Waals surface area (Å²) in [5.74, 6) is 1.68. The van der Waals surface area contributed by atoms with E-state index in [1.165, 1.54) is 11.1 Å². The molecule has 2 aromatic carbocycles. The van der Waals surface area contributed by atoms with E-state index in [1.54, 1.807) is 14.2 Å². The van der Waals surface area contributed by atoms with Crippen molar-refractivity contribution in [3.8, 4) is 11.5 Å². The number of hydrogen-bond donors (Lipinski definition) is 0. The molecule has 6 heteroatoms. The summed E-state index contributed by atoms with van der Waals surface area (Å²) in [6.07, 6.45) is 1.73. The highest BCUT2D eigenvalue weighted by molar-refractivity contribution is 5.47. The van der Waals surface area contributed by atoms with Gasteiger partial charge in [0.1, 0.15) is 18.3 Å². The van der Waals surface area contributed by atoms with Crippen molar-refractivity contribution in [2.75, 3.05) is 41.0 Å². The third-order valence-electron chi connectivity index (χ3n) is 5.33. The molecule has 0 aliphatic heterocycles. The maximum atomic E-state index is 5.71. The molecule has 0 bridgehead atoms. The number of unbranched alkanes of at least 4 members (excludes halogenated alkanes) is 1. The Bertz CT molecular complexity index is 803. The minimum absolute atomic E-state index is 0.0431. The maximum Gasteiger partial charge on any atom is 0.221 e. The lowest BCUT2D eigenvalue weighted by Gasteiger charge is -2.27. The Kier molecular flexibility index (Phi) is 10.3. The molecule has 0 saturated heterocycles. The molecule has 0 radical (unpaired) electrons. The van der Waals surface area contributed by atoms with E-state index in [1.807, 2.05) is 19.1 Å². The number of methoxy groups -OCH3 is 2. The lowest BCUT2D eigenvalue weighted by Crippen LogP contribution is -2.19. The first-order chi connectivity index (χ1) is 14.9. The predicted octanol–water partition coefficient (Wildman–Crippen LogP) is 5.32. The van der Waals surface area contributed by atoms with Crippen LogP contribution in [0.25, 0.3) is 0 Å². The van der Waals surface area contributed by atoms with Crippen molar-refractivity contribution in [3.63, 3.8) is 0 Å². The Labute approximate surface area is 186 Å². The van der Waals surface area contributed by atoms with Crippen LogP contribution in [0.3, 0.4) is 0 Å². The van der Waals surface area contributed by atoms with E-state index in [0.29, 0.717) is 20.0 Å². The smallest absolute Gasteiger partial charge is 0.221 e. The quantitative estimate of drug-likeness (QED) is 0.174. The van der Waals surface area contributed by atoms with Crippen molar-refractivity contribution in [1.29, 1.82) is 0 Å². The Hall–Kier alpha value is -2.12. The highest BCUT2D eigenvalue weighted by Crippen LogP contribution is 2.35. The Morgan fingerprint density at radius 2 is 1.35 bits per heavy atom. The van der Waals surface area contributed by atoms with Gasteiger partial charge >= 0.3 is 0 Å². The lowest BCUT2D eigenvalue weighted by atomic mass is 9.77. The average Bonchev–Trinajstić information content (AvgIpc) is 2.75. The fourth-order valence-electron chi connectivity index (χ4n) is 3.32. The molecule has 0 aliphatic rings. The minimum Gasteiger partial charge on any atom is -0.496 e. The van der Waals surface area contributed by atoms with Crippen LogP contribution in [0.2, 0.25) is 0 Å². The number of rotatable bonds is 14. The van der Waals surface area contributed by atoms with Gasteiger partial charge < -0.3 is 18.9 Å². The highest BCUT2D eigenvalue weighted by Gasteiger charge is 2.24. The van der Waals surface area contributed by atoms with E-state index in [4.69, 9.17) is 28.7 Å². The van der Waals surface area contributed by atoms with Crippen molar-refractivity contribution < 1.29 is 28.7 Å². The molecule has 0 spiro atoms. The average molecular weight is 433 g/mol. The van der Waals surface area contributed by atoms with E-state index in [9.17, 15) is 0 Å². The molecule has 0 fully saturated rings.